The highest BCUT2D eigenvalue weighted by molar-refractivity contribution is 6.31. The van der Waals surface area contributed by atoms with Crippen LogP contribution in [0.4, 0.5) is 0 Å². The first-order valence-electron chi connectivity index (χ1n) is 6.12. The van der Waals surface area contributed by atoms with Gasteiger partial charge < -0.3 is 10.7 Å². The van der Waals surface area contributed by atoms with Crippen molar-refractivity contribution in [1.29, 1.82) is 0 Å². The first kappa shape index (κ1) is 12.2. The van der Waals surface area contributed by atoms with Crippen molar-refractivity contribution in [2.75, 3.05) is 0 Å². The lowest BCUT2D eigenvalue weighted by Gasteiger charge is -2.00. The van der Waals surface area contributed by atoms with Crippen LogP contribution in [-0.2, 0) is 6.54 Å². The normalized spacial score (nSPS) is 11.1. The van der Waals surface area contributed by atoms with Crippen molar-refractivity contribution in [1.82, 2.24) is 9.97 Å². The van der Waals surface area contributed by atoms with Crippen LogP contribution >= 0.6 is 11.6 Å². The van der Waals surface area contributed by atoms with Crippen LogP contribution in [0.1, 0.15) is 11.1 Å². The van der Waals surface area contributed by atoms with Crippen molar-refractivity contribution < 1.29 is 0 Å². The highest BCUT2D eigenvalue weighted by atomic mass is 35.5. The Hall–Kier alpha value is -1.84. The van der Waals surface area contributed by atoms with E-state index in [9.17, 15) is 0 Å². The standard InChI is InChI=1S/C15H14ClN3/c1-9-6-11(3-4-12(9)16)15-18-13-5-2-10(8-17)7-14(13)19-15/h2-7H,8,17H2,1H3,(H,18,19). The summed E-state index contributed by atoms with van der Waals surface area (Å²) in [6.45, 7) is 2.52. The third-order valence-electron chi connectivity index (χ3n) is 3.21. The molecule has 2 aromatic carbocycles. The third-order valence-corrected chi connectivity index (χ3v) is 3.64. The molecule has 96 valence electrons. The second kappa shape index (κ2) is 4.68. The Labute approximate surface area is 116 Å². The molecule has 3 nitrogen and oxygen atoms in total. The minimum Gasteiger partial charge on any atom is -0.338 e. The van der Waals surface area contributed by atoms with Crippen LogP contribution in [0.15, 0.2) is 36.4 Å². The molecule has 0 saturated heterocycles. The molecule has 4 heteroatoms. The molecular weight excluding hydrogens is 258 g/mol. The molecule has 0 aliphatic carbocycles. The van der Waals surface area contributed by atoms with Crippen LogP contribution in [0.3, 0.4) is 0 Å². The van der Waals surface area contributed by atoms with Crippen molar-refractivity contribution in [3.63, 3.8) is 0 Å². The second-order valence-electron chi connectivity index (χ2n) is 4.60. The van der Waals surface area contributed by atoms with Gasteiger partial charge in [0.25, 0.3) is 0 Å². The number of nitrogens with one attached hydrogen (secondary N) is 1. The summed E-state index contributed by atoms with van der Waals surface area (Å²) in [6.07, 6.45) is 0. The molecule has 0 amide bonds. The van der Waals surface area contributed by atoms with Gasteiger partial charge in [0.2, 0.25) is 0 Å². The molecule has 0 bridgehead atoms. The van der Waals surface area contributed by atoms with Crippen LogP contribution in [0.25, 0.3) is 22.4 Å². The lowest BCUT2D eigenvalue weighted by molar-refractivity contribution is 1.07. The zero-order valence-corrected chi connectivity index (χ0v) is 11.3. The van der Waals surface area contributed by atoms with Crippen LogP contribution < -0.4 is 5.73 Å². The summed E-state index contributed by atoms with van der Waals surface area (Å²) in [5, 5.41) is 0.769. The minimum atomic E-state index is 0.532. The first-order chi connectivity index (χ1) is 9.17. The average Bonchev–Trinajstić information content (AvgIpc) is 2.84. The van der Waals surface area contributed by atoms with E-state index in [0.717, 1.165) is 38.6 Å². The van der Waals surface area contributed by atoms with E-state index < -0.39 is 0 Å². The smallest absolute Gasteiger partial charge is 0.138 e. The Morgan fingerprint density at radius 1 is 1.21 bits per heavy atom. The maximum atomic E-state index is 6.04. The Balaban J connectivity index is 2.11. The molecule has 0 aliphatic heterocycles. The number of halogens is 1. The number of rotatable bonds is 2. The van der Waals surface area contributed by atoms with Gasteiger partial charge in [0.1, 0.15) is 5.82 Å². The van der Waals surface area contributed by atoms with Gasteiger partial charge in [-0.25, -0.2) is 4.98 Å². The summed E-state index contributed by atoms with van der Waals surface area (Å²) < 4.78 is 0. The molecule has 19 heavy (non-hydrogen) atoms. The zero-order chi connectivity index (χ0) is 13.4. The van der Waals surface area contributed by atoms with Gasteiger partial charge >= 0.3 is 0 Å². The molecular formula is C15H14ClN3. The molecule has 0 spiro atoms. The fourth-order valence-corrected chi connectivity index (χ4v) is 2.23. The third kappa shape index (κ3) is 2.23. The molecule has 0 fully saturated rings. The average molecular weight is 272 g/mol. The van der Waals surface area contributed by atoms with E-state index in [0.29, 0.717) is 6.54 Å². The first-order valence-corrected chi connectivity index (χ1v) is 6.50. The molecule has 3 aromatic rings. The summed E-state index contributed by atoms with van der Waals surface area (Å²) in [7, 11) is 0. The van der Waals surface area contributed by atoms with Crippen LogP contribution in [0.5, 0.6) is 0 Å². The number of aryl methyl sites for hydroxylation is 1. The predicted molar refractivity (Wildman–Crippen MR) is 79.2 cm³/mol. The van der Waals surface area contributed by atoms with Gasteiger partial charge in [0.05, 0.1) is 11.0 Å². The molecule has 0 saturated carbocycles. The summed E-state index contributed by atoms with van der Waals surface area (Å²) in [6, 6.07) is 11.9. The maximum absolute atomic E-state index is 6.04. The van der Waals surface area contributed by atoms with Crippen molar-refractivity contribution in [3.8, 4) is 11.4 Å². The summed E-state index contributed by atoms with van der Waals surface area (Å²) in [5.41, 5.74) is 10.8. The minimum absolute atomic E-state index is 0.532. The Kier molecular flexibility index (Phi) is 3.01. The van der Waals surface area contributed by atoms with E-state index >= 15 is 0 Å². The van der Waals surface area contributed by atoms with Crippen molar-refractivity contribution in [2.45, 2.75) is 13.5 Å². The second-order valence-corrected chi connectivity index (χ2v) is 5.01. The molecule has 0 radical (unpaired) electrons. The fraction of sp³-hybridized carbons (Fsp3) is 0.133. The van der Waals surface area contributed by atoms with Gasteiger partial charge in [-0.2, -0.15) is 0 Å². The lowest BCUT2D eigenvalue weighted by Crippen LogP contribution is -1.95. The predicted octanol–water partition coefficient (Wildman–Crippen LogP) is 3.65. The zero-order valence-electron chi connectivity index (χ0n) is 10.6. The fourth-order valence-electron chi connectivity index (χ4n) is 2.11. The Morgan fingerprint density at radius 2 is 2.05 bits per heavy atom. The number of aromatic nitrogens is 2. The van der Waals surface area contributed by atoms with Crippen LogP contribution in [-0.4, -0.2) is 9.97 Å². The summed E-state index contributed by atoms with van der Waals surface area (Å²) in [5.74, 6) is 0.851. The molecule has 3 N–H and O–H groups in total. The highest BCUT2D eigenvalue weighted by Gasteiger charge is 2.07. The quantitative estimate of drug-likeness (QED) is 0.747. The van der Waals surface area contributed by atoms with Gasteiger partial charge in [0, 0.05) is 17.1 Å². The number of hydrogen-bond acceptors (Lipinski definition) is 2. The number of imidazole rings is 1. The van der Waals surface area contributed by atoms with Gasteiger partial charge in [0.15, 0.2) is 0 Å². The van der Waals surface area contributed by atoms with Gasteiger partial charge in [-0.15, -0.1) is 0 Å². The van der Waals surface area contributed by atoms with Crippen molar-refractivity contribution in [3.05, 3.63) is 52.5 Å². The van der Waals surface area contributed by atoms with E-state index in [1.54, 1.807) is 0 Å². The van der Waals surface area contributed by atoms with Crippen LogP contribution in [0.2, 0.25) is 5.02 Å². The Bertz CT molecular complexity index is 746. The highest BCUT2D eigenvalue weighted by Crippen LogP contribution is 2.25. The number of nitrogens with zero attached hydrogens (tertiary/aromatic N) is 1. The molecule has 1 heterocycles. The summed E-state index contributed by atoms with van der Waals surface area (Å²) >= 11 is 6.04. The number of aromatic amines is 1. The monoisotopic (exact) mass is 271 g/mol. The van der Waals surface area contributed by atoms with E-state index in [2.05, 4.69) is 9.97 Å². The number of nitrogens with two attached hydrogens (primary N) is 1. The molecule has 0 unspecified atom stereocenters. The van der Waals surface area contributed by atoms with E-state index in [-0.39, 0.29) is 0 Å². The van der Waals surface area contributed by atoms with Crippen LogP contribution in [0, 0.1) is 6.92 Å². The summed E-state index contributed by atoms with van der Waals surface area (Å²) in [4.78, 5) is 7.91. The maximum Gasteiger partial charge on any atom is 0.138 e. The van der Waals surface area contributed by atoms with E-state index in [1.165, 1.54) is 0 Å². The molecule has 3 rings (SSSR count). The largest absolute Gasteiger partial charge is 0.338 e. The van der Waals surface area contributed by atoms with Crippen molar-refractivity contribution >= 4 is 22.6 Å². The number of H-pyrrole nitrogens is 1. The van der Waals surface area contributed by atoms with Gasteiger partial charge in [-0.1, -0.05) is 17.7 Å². The number of benzene rings is 2. The lowest BCUT2D eigenvalue weighted by atomic mass is 10.1. The van der Waals surface area contributed by atoms with E-state index in [1.807, 2.05) is 43.3 Å². The number of hydrogen-bond donors (Lipinski definition) is 2. The number of fused-ring (bicyclic) bond motifs is 1. The van der Waals surface area contributed by atoms with Crippen molar-refractivity contribution in [2.24, 2.45) is 5.73 Å². The van der Waals surface area contributed by atoms with Gasteiger partial charge in [-0.3, -0.25) is 0 Å². The molecule has 0 atom stereocenters. The van der Waals surface area contributed by atoms with E-state index in [4.69, 9.17) is 17.3 Å². The Morgan fingerprint density at radius 3 is 2.79 bits per heavy atom. The topological polar surface area (TPSA) is 54.7 Å². The van der Waals surface area contributed by atoms with Gasteiger partial charge in [-0.05, 0) is 48.4 Å². The molecule has 1 aromatic heterocycles. The molecule has 0 aliphatic rings. The SMILES string of the molecule is Cc1cc(-c2nc3ccc(CN)cc3[nH]2)ccc1Cl.